The van der Waals surface area contributed by atoms with Crippen molar-refractivity contribution < 1.29 is 23.9 Å². The van der Waals surface area contributed by atoms with Gasteiger partial charge in [-0.3, -0.25) is 9.59 Å². The van der Waals surface area contributed by atoms with E-state index in [-0.39, 0.29) is 36.5 Å². The molecule has 0 aliphatic rings. The monoisotopic (exact) mass is 372 g/mol. The van der Waals surface area contributed by atoms with Crippen molar-refractivity contribution in [3.05, 3.63) is 70.5 Å². The summed E-state index contributed by atoms with van der Waals surface area (Å²) in [4.78, 5) is 34.5. The Bertz CT molecular complexity index is 834. The van der Waals surface area contributed by atoms with Gasteiger partial charge in [-0.05, 0) is 48.7 Å². The van der Waals surface area contributed by atoms with Crippen LogP contribution in [0.1, 0.15) is 38.3 Å². The van der Waals surface area contributed by atoms with E-state index in [1.54, 1.807) is 25.1 Å². The van der Waals surface area contributed by atoms with Crippen LogP contribution in [0.15, 0.2) is 42.5 Å². The van der Waals surface area contributed by atoms with Crippen LogP contribution in [0.4, 0.5) is 4.39 Å². The first-order valence-electron chi connectivity index (χ1n) is 8.50. The van der Waals surface area contributed by atoms with Crippen LogP contribution >= 0.6 is 0 Å². The minimum absolute atomic E-state index is 0.173. The SMILES string of the molecule is Cc1ccc(C(=O)NCCNC(=O)CCc2ccc(C(=O)O)cc2)cc1F. The lowest BCUT2D eigenvalue weighted by atomic mass is 10.1. The molecule has 0 unspecified atom stereocenters. The molecule has 142 valence electrons. The lowest BCUT2D eigenvalue weighted by Crippen LogP contribution is -2.34. The summed E-state index contributed by atoms with van der Waals surface area (Å²) in [6.07, 6.45) is 0.740. The molecule has 0 aliphatic heterocycles. The molecular formula is C20H21FN2O4. The van der Waals surface area contributed by atoms with Gasteiger partial charge < -0.3 is 15.7 Å². The molecule has 3 N–H and O–H groups in total. The Morgan fingerprint density at radius 3 is 2.22 bits per heavy atom. The number of halogens is 1. The summed E-state index contributed by atoms with van der Waals surface area (Å²) >= 11 is 0. The zero-order valence-electron chi connectivity index (χ0n) is 14.9. The molecule has 7 heteroatoms. The maximum Gasteiger partial charge on any atom is 0.335 e. The van der Waals surface area contributed by atoms with Crippen molar-refractivity contribution in [2.24, 2.45) is 0 Å². The van der Waals surface area contributed by atoms with Crippen molar-refractivity contribution in [2.75, 3.05) is 13.1 Å². The fraction of sp³-hybridized carbons (Fsp3) is 0.250. The number of carboxylic acids is 1. The first-order chi connectivity index (χ1) is 12.9. The number of benzene rings is 2. The molecule has 2 aromatic rings. The predicted molar refractivity (Wildman–Crippen MR) is 98.2 cm³/mol. The number of rotatable bonds is 8. The second-order valence-electron chi connectivity index (χ2n) is 6.07. The van der Waals surface area contributed by atoms with Gasteiger partial charge in [0.1, 0.15) is 5.82 Å². The Morgan fingerprint density at radius 1 is 0.963 bits per heavy atom. The molecule has 0 bridgehead atoms. The molecule has 0 aliphatic carbocycles. The number of aromatic carboxylic acids is 1. The third kappa shape index (κ3) is 6.22. The van der Waals surface area contributed by atoms with Gasteiger partial charge in [-0.2, -0.15) is 0 Å². The minimum Gasteiger partial charge on any atom is -0.478 e. The van der Waals surface area contributed by atoms with E-state index < -0.39 is 17.7 Å². The molecule has 0 atom stereocenters. The molecular weight excluding hydrogens is 351 g/mol. The average Bonchev–Trinajstić information content (AvgIpc) is 2.65. The van der Waals surface area contributed by atoms with E-state index in [1.807, 2.05) is 0 Å². The summed E-state index contributed by atoms with van der Waals surface area (Å²) in [6.45, 7) is 2.11. The van der Waals surface area contributed by atoms with Gasteiger partial charge in [-0.25, -0.2) is 9.18 Å². The van der Waals surface area contributed by atoms with Crippen LogP contribution in [-0.2, 0) is 11.2 Å². The van der Waals surface area contributed by atoms with E-state index in [2.05, 4.69) is 10.6 Å². The Labute approximate surface area is 156 Å². The highest BCUT2D eigenvalue weighted by Crippen LogP contribution is 2.09. The highest BCUT2D eigenvalue weighted by atomic mass is 19.1. The molecule has 2 rings (SSSR count). The fourth-order valence-electron chi connectivity index (χ4n) is 2.37. The van der Waals surface area contributed by atoms with Crippen molar-refractivity contribution in [1.29, 1.82) is 0 Å². The normalized spacial score (nSPS) is 10.3. The molecule has 0 radical (unpaired) electrons. The van der Waals surface area contributed by atoms with Gasteiger partial charge in [0.2, 0.25) is 5.91 Å². The van der Waals surface area contributed by atoms with E-state index in [9.17, 15) is 18.8 Å². The number of hydrogen-bond acceptors (Lipinski definition) is 3. The molecule has 0 saturated carbocycles. The summed E-state index contributed by atoms with van der Waals surface area (Å²) in [6, 6.07) is 10.6. The fourth-order valence-corrected chi connectivity index (χ4v) is 2.37. The van der Waals surface area contributed by atoms with Crippen molar-refractivity contribution in [1.82, 2.24) is 10.6 Å². The molecule has 0 heterocycles. The zero-order valence-corrected chi connectivity index (χ0v) is 14.9. The summed E-state index contributed by atoms with van der Waals surface area (Å²) in [5.41, 5.74) is 1.77. The lowest BCUT2D eigenvalue weighted by Gasteiger charge is -2.08. The number of carboxylic acid groups (broad SMARTS) is 1. The summed E-state index contributed by atoms with van der Waals surface area (Å²) < 4.78 is 13.5. The first-order valence-corrected chi connectivity index (χ1v) is 8.50. The number of carbonyl (C=O) groups is 3. The minimum atomic E-state index is -0.991. The van der Waals surface area contributed by atoms with Gasteiger partial charge in [0, 0.05) is 25.1 Å². The average molecular weight is 372 g/mol. The Morgan fingerprint density at radius 2 is 1.59 bits per heavy atom. The standard InChI is InChI=1S/C20H21FN2O4/c1-13-2-6-16(12-17(13)21)19(25)23-11-10-22-18(24)9-5-14-3-7-15(8-4-14)20(26)27/h2-4,6-8,12H,5,9-11H2,1H3,(H,22,24)(H,23,25)(H,26,27). The van der Waals surface area contributed by atoms with Gasteiger partial charge in [-0.1, -0.05) is 18.2 Å². The zero-order chi connectivity index (χ0) is 19.8. The van der Waals surface area contributed by atoms with Crippen LogP contribution in [0.3, 0.4) is 0 Å². The number of hydrogen-bond donors (Lipinski definition) is 3. The second-order valence-corrected chi connectivity index (χ2v) is 6.07. The largest absolute Gasteiger partial charge is 0.478 e. The number of aryl methyl sites for hydroxylation is 2. The highest BCUT2D eigenvalue weighted by Gasteiger charge is 2.08. The summed E-state index contributed by atoms with van der Waals surface area (Å²) in [5.74, 6) is -2.00. The Balaban J connectivity index is 1.67. The van der Waals surface area contributed by atoms with Gasteiger partial charge >= 0.3 is 5.97 Å². The third-order valence-corrected chi connectivity index (χ3v) is 4.01. The predicted octanol–water partition coefficient (Wildman–Crippen LogP) is 2.31. The molecule has 2 aromatic carbocycles. The van der Waals surface area contributed by atoms with Crippen molar-refractivity contribution in [2.45, 2.75) is 19.8 Å². The number of amides is 2. The molecule has 2 amide bonds. The lowest BCUT2D eigenvalue weighted by molar-refractivity contribution is -0.121. The summed E-state index contributed by atoms with van der Waals surface area (Å²) in [7, 11) is 0. The van der Waals surface area contributed by atoms with E-state index in [1.165, 1.54) is 24.3 Å². The van der Waals surface area contributed by atoms with Crippen molar-refractivity contribution in [3.8, 4) is 0 Å². The van der Waals surface area contributed by atoms with Gasteiger partial charge in [0.05, 0.1) is 5.56 Å². The van der Waals surface area contributed by atoms with Crippen LogP contribution in [0.2, 0.25) is 0 Å². The van der Waals surface area contributed by atoms with Gasteiger partial charge in [0.15, 0.2) is 0 Å². The van der Waals surface area contributed by atoms with E-state index in [0.717, 1.165) is 5.56 Å². The van der Waals surface area contributed by atoms with Crippen molar-refractivity contribution >= 4 is 17.8 Å². The number of carbonyl (C=O) groups excluding carboxylic acids is 2. The Kier molecular flexibility index (Phi) is 7.05. The maximum atomic E-state index is 13.5. The Hall–Kier alpha value is -3.22. The molecule has 6 nitrogen and oxygen atoms in total. The van der Waals surface area contributed by atoms with Crippen molar-refractivity contribution in [3.63, 3.8) is 0 Å². The van der Waals surface area contributed by atoms with Crippen LogP contribution in [0, 0.1) is 12.7 Å². The molecule has 0 saturated heterocycles. The van der Waals surface area contributed by atoms with Crippen LogP contribution in [0.25, 0.3) is 0 Å². The van der Waals surface area contributed by atoms with E-state index in [4.69, 9.17) is 5.11 Å². The molecule has 0 fully saturated rings. The van der Waals surface area contributed by atoms with Gasteiger partial charge in [0.25, 0.3) is 5.91 Å². The third-order valence-electron chi connectivity index (χ3n) is 4.01. The van der Waals surface area contributed by atoms with Crippen LogP contribution < -0.4 is 10.6 Å². The van der Waals surface area contributed by atoms with E-state index in [0.29, 0.717) is 12.0 Å². The smallest absolute Gasteiger partial charge is 0.335 e. The first kappa shape index (κ1) is 20.1. The molecule has 0 spiro atoms. The topological polar surface area (TPSA) is 95.5 Å². The second kappa shape index (κ2) is 9.47. The quantitative estimate of drug-likeness (QED) is 0.620. The molecule has 0 aromatic heterocycles. The van der Waals surface area contributed by atoms with E-state index >= 15 is 0 Å². The van der Waals surface area contributed by atoms with Crippen LogP contribution in [-0.4, -0.2) is 36.0 Å². The van der Waals surface area contributed by atoms with Crippen LogP contribution in [0.5, 0.6) is 0 Å². The molecule has 27 heavy (non-hydrogen) atoms. The van der Waals surface area contributed by atoms with Gasteiger partial charge in [-0.15, -0.1) is 0 Å². The highest BCUT2D eigenvalue weighted by molar-refractivity contribution is 5.94. The number of nitrogens with one attached hydrogen (secondary N) is 2. The summed E-state index contributed by atoms with van der Waals surface area (Å²) in [5, 5.41) is 14.1. The maximum absolute atomic E-state index is 13.5.